The van der Waals surface area contributed by atoms with E-state index in [1.54, 1.807) is 34.1 Å². The Labute approximate surface area is 158 Å². The first-order valence-electron chi connectivity index (χ1n) is 9.49. The highest BCUT2D eigenvalue weighted by molar-refractivity contribution is 6.22. The molecular weight excluding hydrogens is 346 g/mol. The number of benzene rings is 1. The van der Waals surface area contributed by atoms with Crippen LogP contribution in [0.2, 0.25) is 0 Å². The van der Waals surface area contributed by atoms with Gasteiger partial charge < -0.3 is 9.80 Å². The van der Waals surface area contributed by atoms with E-state index in [1.165, 1.54) is 0 Å². The molecule has 0 aliphatic carbocycles. The maximum absolute atomic E-state index is 12.7. The highest BCUT2D eigenvalue weighted by Gasteiger charge is 2.38. The van der Waals surface area contributed by atoms with E-state index in [2.05, 4.69) is 0 Å². The van der Waals surface area contributed by atoms with Gasteiger partial charge in [0.05, 0.1) is 17.0 Å². The van der Waals surface area contributed by atoms with Crippen LogP contribution in [-0.2, 0) is 9.59 Å². The number of amides is 4. The Balaban J connectivity index is 1.66. The molecule has 2 heterocycles. The number of rotatable bonds is 5. The minimum Gasteiger partial charge on any atom is -0.343 e. The van der Waals surface area contributed by atoms with Gasteiger partial charge in [0.2, 0.25) is 11.8 Å². The molecule has 0 bridgehead atoms. The average Bonchev–Trinajstić information content (AvgIpc) is 2.94. The summed E-state index contributed by atoms with van der Waals surface area (Å²) >= 11 is 0. The Bertz CT molecular complexity index is 737. The molecule has 1 atom stereocenters. The van der Waals surface area contributed by atoms with Crippen LogP contribution in [-0.4, -0.2) is 71.1 Å². The SMILES string of the molecule is CCN(CC)C(=O)C1CCCN(C(=O)CN2C(=O)c3ccccc3C2=O)C1. The minimum absolute atomic E-state index is 0.0678. The quantitative estimate of drug-likeness (QED) is 0.733. The van der Waals surface area contributed by atoms with Crippen molar-refractivity contribution in [1.82, 2.24) is 14.7 Å². The van der Waals surface area contributed by atoms with Crippen molar-refractivity contribution < 1.29 is 19.2 Å². The highest BCUT2D eigenvalue weighted by atomic mass is 16.2. The van der Waals surface area contributed by atoms with Gasteiger partial charge in [0.15, 0.2) is 0 Å². The van der Waals surface area contributed by atoms with Gasteiger partial charge in [0.1, 0.15) is 6.54 Å². The molecule has 3 rings (SSSR count). The monoisotopic (exact) mass is 371 g/mol. The van der Waals surface area contributed by atoms with Crippen molar-refractivity contribution in [3.8, 4) is 0 Å². The van der Waals surface area contributed by atoms with Gasteiger partial charge in [-0.1, -0.05) is 12.1 Å². The predicted molar refractivity (Wildman–Crippen MR) is 99.0 cm³/mol. The van der Waals surface area contributed by atoms with Gasteiger partial charge >= 0.3 is 0 Å². The van der Waals surface area contributed by atoms with Crippen molar-refractivity contribution in [2.75, 3.05) is 32.7 Å². The van der Waals surface area contributed by atoms with E-state index in [0.29, 0.717) is 37.3 Å². The maximum atomic E-state index is 12.7. The lowest BCUT2D eigenvalue weighted by atomic mass is 9.96. The van der Waals surface area contributed by atoms with Gasteiger partial charge in [0.25, 0.3) is 11.8 Å². The number of hydrogen-bond donors (Lipinski definition) is 0. The fraction of sp³-hybridized carbons (Fsp3) is 0.500. The first-order chi connectivity index (χ1) is 13.0. The molecule has 1 saturated heterocycles. The van der Waals surface area contributed by atoms with Crippen LogP contribution in [0, 0.1) is 5.92 Å². The fourth-order valence-electron chi connectivity index (χ4n) is 3.82. The van der Waals surface area contributed by atoms with E-state index in [1.807, 2.05) is 13.8 Å². The summed E-state index contributed by atoms with van der Waals surface area (Å²) in [6, 6.07) is 6.59. The van der Waals surface area contributed by atoms with Crippen LogP contribution in [0.1, 0.15) is 47.4 Å². The molecule has 0 saturated carbocycles. The standard InChI is InChI=1S/C20H25N3O4/c1-3-21(4-2)18(25)14-8-7-11-22(12-14)17(24)13-23-19(26)15-9-5-6-10-16(15)20(23)27/h5-6,9-10,14H,3-4,7-8,11-13H2,1-2H3. The Kier molecular flexibility index (Phi) is 5.58. The Hall–Kier alpha value is -2.70. The third kappa shape index (κ3) is 3.59. The lowest BCUT2D eigenvalue weighted by Gasteiger charge is -2.35. The van der Waals surface area contributed by atoms with Gasteiger partial charge in [-0.2, -0.15) is 0 Å². The number of hydrogen-bond acceptors (Lipinski definition) is 4. The smallest absolute Gasteiger partial charge is 0.262 e. The fourth-order valence-corrected chi connectivity index (χ4v) is 3.82. The molecule has 0 radical (unpaired) electrons. The van der Waals surface area contributed by atoms with Crippen molar-refractivity contribution in [2.24, 2.45) is 5.92 Å². The summed E-state index contributed by atoms with van der Waals surface area (Å²) in [5, 5.41) is 0. The molecular formula is C20H25N3O4. The van der Waals surface area contributed by atoms with E-state index in [0.717, 1.165) is 17.7 Å². The molecule has 0 spiro atoms. The lowest BCUT2D eigenvalue weighted by Crippen LogP contribution is -2.49. The molecule has 1 aromatic carbocycles. The number of nitrogens with zero attached hydrogens (tertiary/aromatic N) is 3. The topological polar surface area (TPSA) is 78.0 Å². The zero-order valence-corrected chi connectivity index (χ0v) is 15.8. The first-order valence-corrected chi connectivity index (χ1v) is 9.49. The van der Waals surface area contributed by atoms with Gasteiger partial charge in [-0.15, -0.1) is 0 Å². The number of carbonyl (C=O) groups excluding carboxylic acids is 4. The second-order valence-electron chi connectivity index (χ2n) is 6.93. The summed E-state index contributed by atoms with van der Waals surface area (Å²) in [6.45, 7) is 5.79. The number of imide groups is 1. The summed E-state index contributed by atoms with van der Waals surface area (Å²) in [6.07, 6.45) is 1.50. The molecule has 4 amide bonds. The summed E-state index contributed by atoms with van der Waals surface area (Å²) < 4.78 is 0. The second kappa shape index (κ2) is 7.90. The average molecular weight is 371 g/mol. The summed E-state index contributed by atoms with van der Waals surface area (Å²) in [7, 11) is 0. The van der Waals surface area contributed by atoms with Crippen molar-refractivity contribution in [1.29, 1.82) is 0 Å². The number of carbonyl (C=O) groups is 4. The summed E-state index contributed by atoms with van der Waals surface area (Å²) in [5.41, 5.74) is 0.673. The predicted octanol–water partition coefficient (Wildman–Crippen LogP) is 1.39. The van der Waals surface area contributed by atoms with E-state index in [9.17, 15) is 19.2 Å². The zero-order chi connectivity index (χ0) is 19.6. The molecule has 7 heteroatoms. The van der Waals surface area contributed by atoms with Crippen molar-refractivity contribution >= 4 is 23.6 Å². The van der Waals surface area contributed by atoms with Crippen LogP contribution in [0.25, 0.3) is 0 Å². The van der Waals surface area contributed by atoms with E-state index >= 15 is 0 Å². The third-order valence-corrected chi connectivity index (χ3v) is 5.37. The van der Waals surface area contributed by atoms with Gasteiger partial charge in [-0.3, -0.25) is 24.1 Å². The van der Waals surface area contributed by atoms with Gasteiger partial charge in [0, 0.05) is 26.2 Å². The van der Waals surface area contributed by atoms with Crippen LogP contribution < -0.4 is 0 Å². The first kappa shape index (κ1) is 19.1. The highest BCUT2D eigenvalue weighted by Crippen LogP contribution is 2.24. The molecule has 144 valence electrons. The second-order valence-corrected chi connectivity index (χ2v) is 6.93. The van der Waals surface area contributed by atoms with Crippen LogP contribution >= 0.6 is 0 Å². The van der Waals surface area contributed by atoms with E-state index in [4.69, 9.17) is 0 Å². The number of likely N-dealkylation sites (tertiary alicyclic amines) is 1. The molecule has 27 heavy (non-hydrogen) atoms. The molecule has 0 aromatic heterocycles. The summed E-state index contributed by atoms with van der Waals surface area (Å²) in [4.78, 5) is 54.6. The van der Waals surface area contributed by atoms with Crippen LogP contribution in [0.3, 0.4) is 0 Å². The molecule has 7 nitrogen and oxygen atoms in total. The van der Waals surface area contributed by atoms with Crippen molar-refractivity contribution in [2.45, 2.75) is 26.7 Å². The molecule has 1 aromatic rings. The number of piperidine rings is 1. The molecule has 0 N–H and O–H groups in total. The molecule has 2 aliphatic rings. The van der Waals surface area contributed by atoms with Crippen molar-refractivity contribution in [3.05, 3.63) is 35.4 Å². The number of fused-ring (bicyclic) bond motifs is 1. The van der Waals surface area contributed by atoms with E-state index < -0.39 is 11.8 Å². The van der Waals surface area contributed by atoms with Gasteiger partial charge in [-0.25, -0.2) is 0 Å². The van der Waals surface area contributed by atoms with Gasteiger partial charge in [-0.05, 0) is 38.8 Å². The molecule has 1 fully saturated rings. The van der Waals surface area contributed by atoms with Crippen LogP contribution in [0.4, 0.5) is 0 Å². The molecule has 1 unspecified atom stereocenters. The van der Waals surface area contributed by atoms with Crippen LogP contribution in [0.15, 0.2) is 24.3 Å². The normalized spacial score (nSPS) is 19.3. The zero-order valence-electron chi connectivity index (χ0n) is 15.8. The summed E-state index contributed by atoms with van der Waals surface area (Å²) in [5.74, 6) is -1.31. The Morgan fingerprint density at radius 1 is 1.07 bits per heavy atom. The molecule has 2 aliphatic heterocycles. The Morgan fingerprint density at radius 2 is 1.67 bits per heavy atom. The largest absolute Gasteiger partial charge is 0.343 e. The van der Waals surface area contributed by atoms with Crippen molar-refractivity contribution in [3.63, 3.8) is 0 Å². The minimum atomic E-state index is -0.434. The van der Waals surface area contributed by atoms with E-state index in [-0.39, 0.29) is 24.3 Å². The Morgan fingerprint density at radius 3 is 2.22 bits per heavy atom. The van der Waals surface area contributed by atoms with Crippen LogP contribution in [0.5, 0.6) is 0 Å². The third-order valence-electron chi connectivity index (χ3n) is 5.37. The maximum Gasteiger partial charge on any atom is 0.262 e. The lowest BCUT2D eigenvalue weighted by molar-refractivity contribution is -0.140.